The third-order valence-electron chi connectivity index (χ3n) is 2.71. The summed E-state index contributed by atoms with van der Waals surface area (Å²) >= 11 is 0. The Morgan fingerprint density at radius 2 is 2.38 bits per heavy atom. The smallest absolute Gasteiger partial charge is 0.324 e. The van der Waals surface area contributed by atoms with Crippen LogP contribution in [0.2, 0.25) is 0 Å². The predicted molar refractivity (Wildman–Crippen MR) is 61.4 cm³/mol. The number of nitrogens with one attached hydrogen (secondary N) is 1. The first-order valence-corrected chi connectivity index (χ1v) is 5.90. The van der Waals surface area contributed by atoms with E-state index < -0.39 is 0 Å². The minimum atomic E-state index is -0.134. The average Bonchev–Trinajstić information content (AvgIpc) is 2.30. The predicted octanol–water partition coefficient (Wildman–Crippen LogP) is -0.140. The van der Waals surface area contributed by atoms with Gasteiger partial charge in [0.2, 0.25) is 0 Å². The van der Waals surface area contributed by atoms with Gasteiger partial charge in [-0.2, -0.15) is 0 Å². The Morgan fingerprint density at radius 1 is 1.56 bits per heavy atom. The van der Waals surface area contributed by atoms with Crippen LogP contribution >= 0.6 is 0 Å². The Morgan fingerprint density at radius 3 is 3.06 bits per heavy atom. The molecular formula is C11H22N2O3. The molecule has 5 nitrogen and oxygen atoms in total. The van der Waals surface area contributed by atoms with E-state index in [9.17, 15) is 4.79 Å². The normalized spacial score (nSPS) is 22.0. The second-order valence-corrected chi connectivity index (χ2v) is 3.85. The van der Waals surface area contributed by atoms with Crippen molar-refractivity contribution in [3.8, 4) is 0 Å². The van der Waals surface area contributed by atoms with Gasteiger partial charge in [-0.25, -0.2) is 0 Å². The molecule has 1 fully saturated rings. The maximum Gasteiger partial charge on any atom is 0.324 e. The fourth-order valence-electron chi connectivity index (χ4n) is 1.90. The van der Waals surface area contributed by atoms with Crippen LogP contribution in [0.4, 0.5) is 0 Å². The molecule has 5 heteroatoms. The van der Waals surface area contributed by atoms with Gasteiger partial charge in [0.15, 0.2) is 0 Å². The Kier molecular flexibility index (Phi) is 6.37. The first-order valence-electron chi connectivity index (χ1n) is 5.90. The average molecular weight is 230 g/mol. The number of esters is 1. The number of nitrogens with zero attached hydrogens (tertiary/aromatic N) is 1. The Bertz CT molecular complexity index is 211. The van der Waals surface area contributed by atoms with Gasteiger partial charge >= 0.3 is 5.97 Å². The van der Waals surface area contributed by atoms with Gasteiger partial charge in [-0.1, -0.05) is 0 Å². The summed E-state index contributed by atoms with van der Waals surface area (Å²) in [6.45, 7) is 6.42. The molecule has 1 unspecified atom stereocenters. The number of carbonyl (C=O) groups excluding carboxylic acids is 1. The van der Waals surface area contributed by atoms with Crippen LogP contribution in [0.25, 0.3) is 0 Å². The van der Waals surface area contributed by atoms with Crippen LogP contribution in [0.15, 0.2) is 0 Å². The van der Waals surface area contributed by atoms with Gasteiger partial charge in [-0.05, 0) is 13.3 Å². The molecule has 1 saturated heterocycles. The molecule has 0 bridgehead atoms. The second-order valence-electron chi connectivity index (χ2n) is 3.85. The van der Waals surface area contributed by atoms with Gasteiger partial charge in [0, 0.05) is 39.9 Å². The highest BCUT2D eigenvalue weighted by Crippen LogP contribution is 2.06. The zero-order chi connectivity index (χ0) is 11.8. The summed E-state index contributed by atoms with van der Waals surface area (Å²) in [6, 6.07) is -0.134. The monoisotopic (exact) mass is 230 g/mol. The van der Waals surface area contributed by atoms with Crippen LogP contribution in [0.5, 0.6) is 0 Å². The summed E-state index contributed by atoms with van der Waals surface area (Å²) in [7, 11) is 1.70. The van der Waals surface area contributed by atoms with E-state index in [0.717, 1.165) is 32.7 Å². The van der Waals surface area contributed by atoms with Crippen molar-refractivity contribution < 1.29 is 14.3 Å². The third-order valence-corrected chi connectivity index (χ3v) is 2.71. The number of ether oxygens (including phenoxy) is 2. The Labute approximate surface area is 97.1 Å². The van der Waals surface area contributed by atoms with E-state index in [4.69, 9.17) is 9.47 Å². The topological polar surface area (TPSA) is 50.8 Å². The number of piperazine rings is 1. The van der Waals surface area contributed by atoms with Crippen LogP contribution in [0, 0.1) is 0 Å². The molecule has 0 aromatic rings. The lowest BCUT2D eigenvalue weighted by Crippen LogP contribution is -2.55. The lowest BCUT2D eigenvalue weighted by atomic mass is 10.2. The van der Waals surface area contributed by atoms with E-state index in [-0.39, 0.29) is 12.0 Å². The molecular weight excluding hydrogens is 208 g/mol. The molecule has 0 spiro atoms. The molecule has 1 heterocycles. The van der Waals surface area contributed by atoms with Crippen LogP contribution in [-0.2, 0) is 14.3 Å². The van der Waals surface area contributed by atoms with Crippen molar-refractivity contribution in [2.75, 3.05) is 46.5 Å². The van der Waals surface area contributed by atoms with Crippen molar-refractivity contribution in [2.45, 2.75) is 19.4 Å². The first-order chi connectivity index (χ1) is 7.79. The molecule has 1 atom stereocenters. The van der Waals surface area contributed by atoms with Gasteiger partial charge in [0.05, 0.1) is 6.61 Å². The third kappa shape index (κ3) is 4.08. The van der Waals surface area contributed by atoms with Crippen molar-refractivity contribution in [3.63, 3.8) is 0 Å². The van der Waals surface area contributed by atoms with Crippen molar-refractivity contribution in [3.05, 3.63) is 0 Å². The molecule has 1 aliphatic heterocycles. The van der Waals surface area contributed by atoms with Crippen LogP contribution in [0.3, 0.4) is 0 Å². The summed E-state index contributed by atoms with van der Waals surface area (Å²) in [4.78, 5) is 13.9. The van der Waals surface area contributed by atoms with E-state index in [1.807, 2.05) is 6.92 Å². The lowest BCUT2D eigenvalue weighted by Gasteiger charge is -2.34. The second kappa shape index (κ2) is 7.60. The van der Waals surface area contributed by atoms with E-state index in [0.29, 0.717) is 13.2 Å². The van der Waals surface area contributed by atoms with E-state index in [2.05, 4.69) is 10.2 Å². The summed E-state index contributed by atoms with van der Waals surface area (Å²) in [6.07, 6.45) is 0.951. The standard InChI is InChI=1S/C11H22N2O3/c1-3-16-11(14)10-9-12-5-7-13(10)6-4-8-15-2/h10,12H,3-9H2,1-2H3. The van der Waals surface area contributed by atoms with E-state index in [1.54, 1.807) is 7.11 Å². The highest BCUT2D eigenvalue weighted by molar-refractivity contribution is 5.76. The number of rotatable bonds is 6. The van der Waals surface area contributed by atoms with Gasteiger partial charge in [-0.3, -0.25) is 9.69 Å². The SMILES string of the molecule is CCOC(=O)C1CNCCN1CCCOC. The molecule has 0 aromatic heterocycles. The highest BCUT2D eigenvalue weighted by atomic mass is 16.5. The summed E-state index contributed by atoms with van der Waals surface area (Å²) in [5.74, 6) is -0.118. The van der Waals surface area contributed by atoms with Gasteiger partial charge < -0.3 is 14.8 Å². The van der Waals surface area contributed by atoms with Gasteiger partial charge in [0.1, 0.15) is 6.04 Å². The van der Waals surface area contributed by atoms with Crippen LogP contribution < -0.4 is 5.32 Å². The van der Waals surface area contributed by atoms with E-state index >= 15 is 0 Å². The molecule has 1 aliphatic rings. The summed E-state index contributed by atoms with van der Waals surface area (Å²) in [5.41, 5.74) is 0. The van der Waals surface area contributed by atoms with Crippen molar-refractivity contribution in [1.82, 2.24) is 10.2 Å². The van der Waals surface area contributed by atoms with Gasteiger partial charge in [0.25, 0.3) is 0 Å². The fourth-order valence-corrected chi connectivity index (χ4v) is 1.90. The number of carbonyl (C=O) groups is 1. The molecule has 1 N–H and O–H groups in total. The highest BCUT2D eigenvalue weighted by Gasteiger charge is 2.28. The number of hydrogen-bond acceptors (Lipinski definition) is 5. The maximum absolute atomic E-state index is 11.7. The van der Waals surface area contributed by atoms with Gasteiger partial charge in [-0.15, -0.1) is 0 Å². The molecule has 0 aliphatic carbocycles. The van der Waals surface area contributed by atoms with Crippen molar-refractivity contribution in [2.24, 2.45) is 0 Å². The number of methoxy groups -OCH3 is 1. The largest absolute Gasteiger partial charge is 0.465 e. The summed E-state index contributed by atoms with van der Waals surface area (Å²) < 4.78 is 10.1. The Hall–Kier alpha value is -0.650. The zero-order valence-corrected chi connectivity index (χ0v) is 10.2. The quantitative estimate of drug-likeness (QED) is 0.508. The fraction of sp³-hybridized carbons (Fsp3) is 0.909. The number of hydrogen-bond donors (Lipinski definition) is 1. The van der Waals surface area contributed by atoms with Crippen LogP contribution in [0.1, 0.15) is 13.3 Å². The molecule has 0 saturated carbocycles. The maximum atomic E-state index is 11.7. The van der Waals surface area contributed by atoms with Crippen molar-refractivity contribution >= 4 is 5.97 Å². The first kappa shape index (κ1) is 13.4. The minimum Gasteiger partial charge on any atom is -0.465 e. The molecule has 0 aromatic carbocycles. The lowest BCUT2D eigenvalue weighted by molar-refractivity contribution is -0.150. The minimum absolute atomic E-state index is 0.118. The summed E-state index contributed by atoms with van der Waals surface area (Å²) in [5, 5.41) is 3.22. The molecule has 94 valence electrons. The van der Waals surface area contributed by atoms with E-state index in [1.165, 1.54) is 0 Å². The zero-order valence-electron chi connectivity index (χ0n) is 10.2. The molecule has 0 radical (unpaired) electrons. The molecule has 1 rings (SSSR count). The van der Waals surface area contributed by atoms with Crippen LogP contribution in [-0.4, -0.2) is 63.4 Å². The Balaban J connectivity index is 2.40. The molecule has 0 amide bonds. The molecule has 16 heavy (non-hydrogen) atoms. The van der Waals surface area contributed by atoms with Crippen molar-refractivity contribution in [1.29, 1.82) is 0 Å².